The number of rotatable bonds is 12. The molecule has 0 aromatic heterocycles. The third-order valence-corrected chi connectivity index (χ3v) is 6.94. The van der Waals surface area contributed by atoms with E-state index >= 15 is 0 Å². The van der Waals surface area contributed by atoms with Gasteiger partial charge in [0.15, 0.2) is 0 Å². The van der Waals surface area contributed by atoms with Crippen LogP contribution in [0.25, 0.3) is 0 Å². The highest BCUT2D eigenvalue weighted by molar-refractivity contribution is 7.59. The summed E-state index contributed by atoms with van der Waals surface area (Å²) in [5.41, 5.74) is -0.840. The molecule has 0 aromatic rings. The first-order valence-electron chi connectivity index (χ1n) is 9.28. The lowest BCUT2D eigenvalue weighted by Gasteiger charge is -2.30. The van der Waals surface area contributed by atoms with Crippen LogP contribution in [0.15, 0.2) is 0 Å². The largest absolute Gasteiger partial charge is 0.481 e. The Labute approximate surface area is 176 Å². The van der Waals surface area contributed by atoms with Crippen LogP contribution in [-0.2, 0) is 37.7 Å². The van der Waals surface area contributed by atoms with Crippen molar-refractivity contribution in [3.05, 3.63) is 0 Å². The first-order valence-corrected chi connectivity index (χ1v) is 11.2. The van der Waals surface area contributed by atoms with Crippen molar-refractivity contribution in [3.63, 3.8) is 0 Å². The van der Waals surface area contributed by atoms with E-state index in [-0.39, 0.29) is 25.4 Å². The minimum absolute atomic E-state index is 0.0230. The SMILES string of the molecule is COC(=O)CCC(CP(=O)(OC)C(CCC(=O)O)NC(=O)OC(C)(C)C)C(=O)OC. The normalized spacial score (nSPS) is 15.3. The van der Waals surface area contributed by atoms with Crippen molar-refractivity contribution in [1.82, 2.24) is 5.32 Å². The third kappa shape index (κ3) is 10.6. The molecule has 11 nitrogen and oxygen atoms in total. The van der Waals surface area contributed by atoms with Crippen molar-refractivity contribution in [2.24, 2.45) is 5.92 Å². The second-order valence-corrected chi connectivity index (χ2v) is 10.3. The van der Waals surface area contributed by atoms with E-state index in [9.17, 15) is 23.7 Å². The minimum atomic E-state index is -3.81. The third-order valence-electron chi connectivity index (χ3n) is 4.03. The molecule has 0 aromatic carbocycles. The lowest BCUT2D eigenvalue weighted by Crippen LogP contribution is -2.40. The number of hydrogen-bond acceptors (Lipinski definition) is 9. The van der Waals surface area contributed by atoms with Crippen molar-refractivity contribution >= 4 is 31.4 Å². The van der Waals surface area contributed by atoms with Crippen LogP contribution >= 0.6 is 7.37 Å². The highest BCUT2D eigenvalue weighted by Crippen LogP contribution is 2.53. The predicted molar refractivity (Wildman–Crippen MR) is 106 cm³/mol. The van der Waals surface area contributed by atoms with Crippen molar-refractivity contribution in [1.29, 1.82) is 0 Å². The number of methoxy groups -OCH3 is 2. The van der Waals surface area contributed by atoms with Gasteiger partial charge in [-0.3, -0.25) is 18.9 Å². The molecule has 12 heteroatoms. The van der Waals surface area contributed by atoms with Crippen LogP contribution in [0.4, 0.5) is 4.79 Å². The van der Waals surface area contributed by atoms with Crippen LogP contribution in [0.3, 0.4) is 0 Å². The highest BCUT2D eigenvalue weighted by Gasteiger charge is 2.40. The number of nitrogens with one attached hydrogen (secondary N) is 1. The molecule has 0 spiro atoms. The van der Waals surface area contributed by atoms with Gasteiger partial charge in [0.25, 0.3) is 0 Å². The molecule has 0 aliphatic carbocycles. The number of amides is 1. The van der Waals surface area contributed by atoms with Gasteiger partial charge in [-0.15, -0.1) is 0 Å². The van der Waals surface area contributed by atoms with Crippen LogP contribution in [0, 0.1) is 5.92 Å². The summed E-state index contributed by atoms with van der Waals surface area (Å²) >= 11 is 0. The van der Waals surface area contributed by atoms with E-state index in [2.05, 4.69) is 10.1 Å². The average molecular weight is 453 g/mol. The highest BCUT2D eigenvalue weighted by atomic mass is 31.2. The number of hydrogen-bond donors (Lipinski definition) is 2. The van der Waals surface area contributed by atoms with E-state index in [1.54, 1.807) is 20.8 Å². The summed E-state index contributed by atoms with van der Waals surface area (Å²) in [4.78, 5) is 46.8. The van der Waals surface area contributed by atoms with Gasteiger partial charge in [0.1, 0.15) is 11.4 Å². The van der Waals surface area contributed by atoms with Gasteiger partial charge in [0, 0.05) is 26.1 Å². The zero-order valence-electron chi connectivity index (χ0n) is 18.3. The summed E-state index contributed by atoms with van der Waals surface area (Å²) in [6.45, 7) is 4.90. The molecule has 0 fully saturated rings. The molecular formula is C18H32NO10P. The van der Waals surface area contributed by atoms with Gasteiger partial charge in [-0.2, -0.15) is 0 Å². The summed E-state index contributed by atoms with van der Waals surface area (Å²) in [5, 5.41) is 11.4. The first-order chi connectivity index (χ1) is 13.8. The maximum absolute atomic E-state index is 13.5. The lowest BCUT2D eigenvalue weighted by atomic mass is 10.1. The van der Waals surface area contributed by atoms with E-state index in [1.165, 1.54) is 7.11 Å². The number of carboxylic acids is 1. The standard InChI is InChI=1S/C18H32NO10P/c1-18(2,3)29-17(24)19-13(8-9-14(20)21)30(25,28-6)11-12(16(23)27-5)7-10-15(22)26-4/h12-13H,7-11H2,1-6H3,(H,19,24)(H,20,21). The van der Waals surface area contributed by atoms with Crippen molar-refractivity contribution < 1.29 is 47.6 Å². The van der Waals surface area contributed by atoms with Gasteiger partial charge in [-0.25, -0.2) is 4.79 Å². The van der Waals surface area contributed by atoms with Gasteiger partial charge in [0.05, 0.1) is 20.1 Å². The molecule has 0 radical (unpaired) electrons. The van der Waals surface area contributed by atoms with Crippen LogP contribution in [-0.4, -0.2) is 68.0 Å². The van der Waals surface area contributed by atoms with Crippen molar-refractivity contribution in [2.75, 3.05) is 27.5 Å². The van der Waals surface area contributed by atoms with Crippen LogP contribution < -0.4 is 5.32 Å². The number of esters is 2. The van der Waals surface area contributed by atoms with Crippen molar-refractivity contribution in [2.45, 2.75) is 57.8 Å². The molecule has 0 saturated carbocycles. The Hall–Kier alpha value is -2.13. The van der Waals surface area contributed by atoms with E-state index in [4.69, 9.17) is 19.1 Å². The van der Waals surface area contributed by atoms with Crippen molar-refractivity contribution in [3.8, 4) is 0 Å². The number of carbonyl (C=O) groups excluding carboxylic acids is 3. The number of ether oxygens (including phenoxy) is 3. The molecule has 3 atom stereocenters. The number of carboxylic acid groups (broad SMARTS) is 1. The topological polar surface area (TPSA) is 155 Å². The fourth-order valence-corrected chi connectivity index (χ4v) is 4.98. The van der Waals surface area contributed by atoms with Crippen LogP contribution in [0.5, 0.6) is 0 Å². The zero-order valence-corrected chi connectivity index (χ0v) is 19.2. The van der Waals surface area contributed by atoms with Crippen LogP contribution in [0.2, 0.25) is 0 Å². The second kappa shape index (κ2) is 12.5. The Morgan fingerprint density at radius 3 is 2.03 bits per heavy atom. The molecule has 30 heavy (non-hydrogen) atoms. The fourth-order valence-electron chi connectivity index (χ4n) is 2.55. The van der Waals surface area contributed by atoms with E-state index < -0.39 is 55.1 Å². The Morgan fingerprint density at radius 1 is 1.00 bits per heavy atom. The minimum Gasteiger partial charge on any atom is -0.481 e. The predicted octanol–water partition coefficient (Wildman–Crippen LogP) is 2.37. The smallest absolute Gasteiger partial charge is 0.408 e. The Bertz CT molecular complexity index is 658. The molecule has 0 heterocycles. The van der Waals surface area contributed by atoms with Gasteiger partial charge in [-0.1, -0.05) is 0 Å². The molecule has 0 aliphatic heterocycles. The fraction of sp³-hybridized carbons (Fsp3) is 0.778. The van der Waals surface area contributed by atoms with E-state index in [0.717, 1.165) is 14.2 Å². The van der Waals surface area contributed by atoms with Gasteiger partial charge >= 0.3 is 24.0 Å². The van der Waals surface area contributed by atoms with E-state index in [1.807, 2.05) is 0 Å². The summed E-state index contributed by atoms with van der Waals surface area (Å²) in [7, 11) is -0.325. The molecule has 174 valence electrons. The summed E-state index contributed by atoms with van der Waals surface area (Å²) in [6, 6.07) is 0. The molecule has 3 unspecified atom stereocenters. The molecule has 0 aliphatic rings. The van der Waals surface area contributed by atoms with Gasteiger partial charge < -0.3 is 29.2 Å². The molecule has 0 saturated heterocycles. The quantitative estimate of drug-likeness (QED) is 0.256. The Kier molecular flexibility index (Phi) is 11.6. The summed E-state index contributed by atoms with van der Waals surface area (Å²) < 4.78 is 33.1. The first kappa shape index (κ1) is 27.9. The van der Waals surface area contributed by atoms with E-state index in [0.29, 0.717) is 0 Å². The number of carbonyl (C=O) groups is 4. The molecule has 2 N–H and O–H groups in total. The lowest BCUT2D eigenvalue weighted by molar-refractivity contribution is -0.146. The number of alkyl carbamates (subject to hydrolysis) is 1. The molecule has 1 amide bonds. The Morgan fingerprint density at radius 2 is 1.60 bits per heavy atom. The summed E-state index contributed by atoms with van der Waals surface area (Å²) in [6.07, 6.45) is -2.04. The number of aliphatic carboxylic acids is 1. The van der Waals surface area contributed by atoms with Gasteiger partial charge in [0.2, 0.25) is 7.37 Å². The zero-order chi connectivity index (χ0) is 23.5. The van der Waals surface area contributed by atoms with Gasteiger partial charge in [-0.05, 0) is 33.6 Å². The monoisotopic (exact) mass is 453 g/mol. The summed E-state index contributed by atoms with van der Waals surface area (Å²) in [5.74, 6) is -4.66. The molecular weight excluding hydrogens is 421 g/mol. The average Bonchev–Trinajstić information content (AvgIpc) is 2.65. The maximum atomic E-state index is 13.5. The second-order valence-electron chi connectivity index (χ2n) is 7.52. The maximum Gasteiger partial charge on any atom is 0.408 e. The molecule has 0 bridgehead atoms. The molecule has 0 rings (SSSR count). The van der Waals surface area contributed by atoms with Crippen LogP contribution in [0.1, 0.15) is 46.5 Å². The Balaban J connectivity index is 5.67.